The number of rotatable bonds is 1. The van der Waals surface area contributed by atoms with Crippen molar-refractivity contribution >= 4 is 34.5 Å². The molecular weight excluding hydrogens is 384 g/mol. The van der Waals surface area contributed by atoms with E-state index in [2.05, 4.69) is 29.7 Å². The smallest absolute Gasteiger partial charge is 0.262 e. The molecule has 2 aromatic rings. The zero-order valence-electron chi connectivity index (χ0n) is 15.0. The highest BCUT2D eigenvalue weighted by molar-refractivity contribution is 7.16. The molecule has 27 heavy (non-hydrogen) atoms. The molecule has 5 nitrogen and oxygen atoms in total. The third kappa shape index (κ3) is 3.05. The second-order valence-corrected chi connectivity index (χ2v) is 9.30. The summed E-state index contributed by atoms with van der Waals surface area (Å²) in [6.07, 6.45) is 2.72. The lowest BCUT2D eigenvalue weighted by Gasteiger charge is -2.46. The molecule has 0 unspecified atom stereocenters. The monoisotopic (exact) mass is 404 g/mol. The molecule has 3 atom stereocenters. The molecule has 0 saturated carbocycles. The summed E-state index contributed by atoms with van der Waals surface area (Å²) < 4.78 is 12.9. The summed E-state index contributed by atoms with van der Waals surface area (Å²) >= 11 is 7.99. The number of carbonyl (C=O) groups is 1. The van der Waals surface area contributed by atoms with Gasteiger partial charge in [0.05, 0.1) is 16.6 Å². The molecule has 142 valence electrons. The van der Waals surface area contributed by atoms with Crippen LogP contribution in [0.1, 0.15) is 41.8 Å². The van der Waals surface area contributed by atoms with Crippen molar-refractivity contribution in [1.29, 1.82) is 0 Å². The minimum Gasteiger partial charge on any atom is -0.482 e. The predicted molar refractivity (Wildman–Crippen MR) is 106 cm³/mol. The van der Waals surface area contributed by atoms with Crippen molar-refractivity contribution in [1.82, 2.24) is 5.32 Å². The maximum Gasteiger partial charge on any atom is 0.262 e. The van der Waals surface area contributed by atoms with Gasteiger partial charge < -0.3 is 20.1 Å². The lowest BCUT2D eigenvalue weighted by molar-refractivity contribution is -0.118. The van der Waals surface area contributed by atoms with Crippen LogP contribution in [-0.4, -0.2) is 25.2 Å². The van der Waals surface area contributed by atoms with E-state index in [-0.39, 0.29) is 24.2 Å². The number of carbonyl (C=O) groups excluding carboxylic acids is 1. The quantitative estimate of drug-likeness (QED) is 0.753. The van der Waals surface area contributed by atoms with E-state index in [0.29, 0.717) is 6.04 Å². The van der Waals surface area contributed by atoms with Crippen LogP contribution in [0.25, 0.3) is 0 Å². The molecule has 1 aromatic carbocycles. The molecule has 4 heterocycles. The number of fused-ring (bicyclic) bond motifs is 3. The highest BCUT2D eigenvalue weighted by Gasteiger charge is 2.46. The second-order valence-electron chi connectivity index (χ2n) is 7.62. The zero-order valence-corrected chi connectivity index (χ0v) is 16.6. The molecule has 1 fully saturated rings. The second kappa shape index (κ2) is 6.48. The molecule has 3 aliphatic heterocycles. The normalized spacial score (nSPS) is 29.6. The molecule has 1 saturated heterocycles. The summed E-state index contributed by atoms with van der Waals surface area (Å²) in [7, 11) is 0. The summed E-state index contributed by atoms with van der Waals surface area (Å²) in [5.74, 6) is 0.613. The van der Waals surface area contributed by atoms with Crippen LogP contribution >= 0.6 is 22.9 Å². The van der Waals surface area contributed by atoms with E-state index >= 15 is 0 Å². The third-order valence-corrected chi connectivity index (χ3v) is 7.13. The van der Waals surface area contributed by atoms with Crippen molar-refractivity contribution in [3.8, 4) is 5.75 Å². The Bertz CT molecular complexity index is 915. The topological polar surface area (TPSA) is 59.6 Å². The van der Waals surface area contributed by atoms with Crippen molar-refractivity contribution in [2.75, 3.05) is 18.5 Å². The fourth-order valence-electron chi connectivity index (χ4n) is 4.58. The number of benzene rings is 1. The van der Waals surface area contributed by atoms with E-state index in [9.17, 15) is 4.79 Å². The number of hydrogen-bond donors (Lipinski definition) is 2. The summed E-state index contributed by atoms with van der Waals surface area (Å²) in [6.45, 7) is 3.00. The Kier molecular flexibility index (Phi) is 4.20. The van der Waals surface area contributed by atoms with Crippen molar-refractivity contribution < 1.29 is 14.3 Å². The van der Waals surface area contributed by atoms with Crippen LogP contribution in [0.2, 0.25) is 4.34 Å². The Balaban J connectivity index is 1.49. The molecule has 0 aliphatic carbocycles. The van der Waals surface area contributed by atoms with Gasteiger partial charge in [0.1, 0.15) is 11.4 Å². The molecule has 1 spiro atoms. The number of halogens is 1. The van der Waals surface area contributed by atoms with Gasteiger partial charge in [-0.1, -0.05) is 17.7 Å². The fraction of sp³-hybridized carbons (Fsp3) is 0.450. The highest BCUT2D eigenvalue weighted by atomic mass is 35.5. The minimum absolute atomic E-state index is 0.0645. The van der Waals surface area contributed by atoms with Crippen LogP contribution in [0.15, 0.2) is 24.3 Å². The number of thiophene rings is 1. The molecule has 7 heteroatoms. The van der Waals surface area contributed by atoms with Gasteiger partial charge in [-0.25, -0.2) is 0 Å². The lowest BCUT2D eigenvalue weighted by atomic mass is 9.78. The van der Waals surface area contributed by atoms with Gasteiger partial charge in [0.25, 0.3) is 5.91 Å². The number of piperidine rings is 1. The average Bonchev–Trinajstić information content (AvgIpc) is 3.03. The van der Waals surface area contributed by atoms with Gasteiger partial charge in [0.15, 0.2) is 6.61 Å². The lowest BCUT2D eigenvalue weighted by Crippen LogP contribution is -2.49. The van der Waals surface area contributed by atoms with Crippen LogP contribution in [0.4, 0.5) is 5.69 Å². The number of nitrogens with one attached hydrogen (secondary N) is 2. The molecular formula is C20H21ClN2O3S. The van der Waals surface area contributed by atoms with Gasteiger partial charge in [-0.2, -0.15) is 0 Å². The van der Waals surface area contributed by atoms with E-state index in [0.717, 1.165) is 47.2 Å². The van der Waals surface area contributed by atoms with Crippen molar-refractivity contribution in [2.24, 2.45) is 0 Å². The van der Waals surface area contributed by atoms with Gasteiger partial charge in [0.2, 0.25) is 0 Å². The SMILES string of the molecule is C[C@H]1C[C@@]2(C[C@@H](c3ccc4c(c3)OCC(=O)N4)N1)OCCc1cc(Cl)sc12. The van der Waals surface area contributed by atoms with Gasteiger partial charge in [-0.15, -0.1) is 11.3 Å². The first-order chi connectivity index (χ1) is 13.0. The van der Waals surface area contributed by atoms with E-state index in [1.807, 2.05) is 12.1 Å². The molecule has 1 amide bonds. The summed E-state index contributed by atoms with van der Waals surface area (Å²) in [5, 5.41) is 6.56. The van der Waals surface area contributed by atoms with Gasteiger partial charge in [-0.05, 0) is 49.1 Å². The Morgan fingerprint density at radius 3 is 3.07 bits per heavy atom. The summed E-state index contributed by atoms with van der Waals surface area (Å²) in [5.41, 5.74) is 2.93. The average molecular weight is 405 g/mol. The molecule has 0 radical (unpaired) electrons. The molecule has 5 rings (SSSR count). The maximum absolute atomic E-state index is 11.5. The standard InChI is InChI=1S/C20H21ClN2O3S/c1-11-8-20(19-13(4-5-26-20)7-17(21)27-19)9-15(22-11)12-2-3-14-16(6-12)25-10-18(24)23-14/h2-3,6-7,11,15,22H,4-5,8-10H2,1H3,(H,23,24)/t11-,15-,20-/m0/s1. The molecule has 2 N–H and O–H groups in total. The summed E-state index contributed by atoms with van der Waals surface area (Å²) in [4.78, 5) is 12.8. The fourth-order valence-corrected chi connectivity index (χ4v) is 6.05. The largest absolute Gasteiger partial charge is 0.482 e. The first-order valence-corrected chi connectivity index (χ1v) is 10.5. The van der Waals surface area contributed by atoms with Crippen LogP contribution in [0.3, 0.4) is 0 Å². The van der Waals surface area contributed by atoms with Gasteiger partial charge >= 0.3 is 0 Å². The van der Waals surface area contributed by atoms with Crippen molar-refractivity contribution in [2.45, 2.75) is 43.9 Å². The van der Waals surface area contributed by atoms with Crippen molar-refractivity contribution in [3.63, 3.8) is 0 Å². The number of amides is 1. The third-order valence-electron chi connectivity index (χ3n) is 5.64. The van der Waals surface area contributed by atoms with Crippen LogP contribution < -0.4 is 15.4 Å². The minimum atomic E-state index is -0.286. The maximum atomic E-state index is 11.5. The van der Waals surface area contributed by atoms with E-state index in [4.69, 9.17) is 21.1 Å². The predicted octanol–water partition coefficient (Wildman–Crippen LogP) is 4.01. The Morgan fingerprint density at radius 2 is 2.19 bits per heavy atom. The van der Waals surface area contributed by atoms with Gasteiger partial charge in [0, 0.05) is 23.4 Å². The Hall–Kier alpha value is -1.60. The Morgan fingerprint density at radius 1 is 1.30 bits per heavy atom. The Labute approximate surface area is 167 Å². The highest BCUT2D eigenvalue weighted by Crippen LogP contribution is 2.50. The van der Waals surface area contributed by atoms with E-state index in [1.165, 1.54) is 10.4 Å². The first kappa shape index (κ1) is 17.5. The summed E-state index contributed by atoms with van der Waals surface area (Å²) in [6, 6.07) is 8.57. The molecule has 3 aliphatic rings. The molecule has 0 bridgehead atoms. The number of hydrogen-bond acceptors (Lipinski definition) is 5. The van der Waals surface area contributed by atoms with E-state index < -0.39 is 0 Å². The van der Waals surface area contributed by atoms with Crippen molar-refractivity contribution in [3.05, 3.63) is 44.6 Å². The number of anilines is 1. The van der Waals surface area contributed by atoms with E-state index in [1.54, 1.807) is 11.3 Å². The van der Waals surface area contributed by atoms with Crippen LogP contribution in [-0.2, 0) is 21.6 Å². The zero-order chi connectivity index (χ0) is 18.6. The van der Waals surface area contributed by atoms with Crippen LogP contribution in [0, 0.1) is 0 Å². The van der Waals surface area contributed by atoms with Crippen LogP contribution in [0.5, 0.6) is 5.75 Å². The molecule has 1 aromatic heterocycles. The first-order valence-electron chi connectivity index (χ1n) is 9.28. The number of ether oxygens (including phenoxy) is 2. The van der Waals surface area contributed by atoms with Gasteiger partial charge in [-0.3, -0.25) is 4.79 Å².